The van der Waals surface area contributed by atoms with Crippen LogP contribution in [0.5, 0.6) is 0 Å². The summed E-state index contributed by atoms with van der Waals surface area (Å²) >= 11 is 0. The first-order valence-electron chi connectivity index (χ1n) is 7.89. The zero-order valence-electron chi connectivity index (χ0n) is 14.5. The number of hydrogen-bond acceptors (Lipinski definition) is 4. The molecule has 3 aromatic rings. The maximum atomic E-state index is 13.0. The van der Waals surface area contributed by atoms with Gasteiger partial charge in [0.1, 0.15) is 11.2 Å². The number of benzene rings is 1. The summed E-state index contributed by atoms with van der Waals surface area (Å²) in [5.74, 6) is -0.738. The van der Waals surface area contributed by atoms with Crippen molar-refractivity contribution in [1.29, 1.82) is 0 Å². The number of anilines is 1. The van der Waals surface area contributed by atoms with E-state index in [0.29, 0.717) is 16.8 Å². The standard InChI is InChI=1S/C18H17FN4O3/c1-10-9-20-16-14(17(25)23(3)18(26)22(16)2)15(10)21-13(24)8-11-4-6-12(19)7-5-11/h4-7,9H,8H2,1-3H3,(H,20,21,24). The first-order chi connectivity index (χ1) is 12.3. The third-order valence-electron chi connectivity index (χ3n) is 4.20. The number of carbonyl (C=O) groups excluding carboxylic acids is 1. The molecular formula is C18H17FN4O3. The average molecular weight is 356 g/mol. The summed E-state index contributed by atoms with van der Waals surface area (Å²) in [5.41, 5.74) is 0.721. The molecule has 0 radical (unpaired) electrons. The second-order valence-electron chi connectivity index (χ2n) is 6.07. The highest BCUT2D eigenvalue weighted by Gasteiger charge is 2.17. The summed E-state index contributed by atoms with van der Waals surface area (Å²) < 4.78 is 15.2. The van der Waals surface area contributed by atoms with Crippen LogP contribution in [0.3, 0.4) is 0 Å². The van der Waals surface area contributed by atoms with E-state index in [-0.39, 0.29) is 29.2 Å². The summed E-state index contributed by atoms with van der Waals surface area (Å²) in [5, 5.41) is 2.90. The maximum Gasteiger partial charge on any atom is 0.332 e. The Balaban J connectivity index is 2.06. The number of aromatic nitrogens is 3. The van der Waals surface area contributed by atoms with Crippen molar-refractivity contribution in [2.45, 2.75) is 13.3 Å². The monoisotopic (exact) mass is 356 g/mol. The molecule has 0 unspecified atom stereocenters. The van der Waals surface area contributed by atoms with Crippen LogP contribution in [0, 0.1) is 12.7 Å². The Morgan fingerprint density at radius 1 is 1.15 bits per heavy atom. The molecule has 134 valence electrons. The number of halogens is 1. The SMILES string of the molecule is Cc1cnc2c(c1NC(=O)Cc1ccc(F)cc1)c(=O)n(C)c(=O)n2C. The second-order valence-corrected chi connectivity index (χ2v) is 6.07. The Kier molecular flexibility index (Phi) is 4.41. The number of pyridine rings is 1. The smallest absolute Gasteiger partial charge is 0.325 e. The van der Waals surface area contributed by atoms with E-state index in [4.69, 9.17) is 0 Å². The van der Waals surface area contributed by atoms with E-state index in [1.54, 1.807) is 6.92 Å². The second kappa shape index (κ2) is 6.55. The molecule has 0 spiro atoms. The summed E-state index contributed by atoms with van der Waals surface area (Å²) in [6.45, 7) is 1.71. The molecule has 2 aromatic heterocycles. The number of nitrogens with one attached hydrogen (secondary N) is 1. The lowest BCUT2D eigenvalue weighted by Gasteiger charge is -2.13. The molecule has 0 aliphatic heterocycles. The number of aryl methyl sites for hydroxylation is 2. The van der Waals surface area contributed by atoms with Crippen LogP contribution in [0.15, 0.2) is 40.1 Å². The summed E-state index contributed by atoms with van der Waals surface area (Å²) in [4.78, 5) is 41.2. The zero-order valence-corrected chi connectivity index (χ0v) is 14.5. The molecule has 0 saturated heterocycles. The first-order valence-corrected chi connectivity index (χ1v) is 7.89. The van der Waals surface area contributed by atoms with Gasteiger partial charge >= 0.3 is 5.69 Å². The highest BCUT2D eigenvalue weighted by atomic mass is 19.1. The molecule has 0 aliphatic rings. The van der Waals surface area contributed by atoms with Crippen LogP contribution in [-0.2, 0) is 25.3 Å². The Morgan fingerprint density at radius 2 is 1.81 bits per heavy atom. The van der Waals surface area contributed by atoms with E-state index in [9.17, 15) is 18.8 Å². The molecule has 0 atom stereocenters. The van der Waals surface area contributed by atoms with E-state index >= 15 is 0 Å². The fourth-order valence-electron chi connectivity index (χ4n) is 2.76. The van der Waals surface area contributed by atoms with Crippen molar-refractivity contribution in [3.8, 4) is 0 Å². The number of fused-ring (bicyclic) bond motifs is 1. The van der Waals surface area contributed by atoms with Crippen LogP contribution in [0.1, 0.15) is 11.1 Å². The minimum Gasteiger partial charge on any atom is -0.325 e. The molecule has 0 saturated carbocycles. The van der Waals surface area contributed by atoms with Gasteiger partial charge in [-0.3, -0.25) is 18.7 Å². The normalized spacial score (nSPS) is 10.9. The number of rotatable bonds is 3. The molecule has 0 fully saturated rings. The molecule has 1 N–H and O–H groups in total. The Morgan fingerprint density at radius 3 is 2.46 bits per heavy atom. The molecule has 0 aliphatic carbocycles. The molecule has 1 aromatic carbocycles. The van der Waals surface area contributed by atoms with E-state index in [2.05, 4.69) is 10.3 Å². The topological polar surface area (TPSA) is 86.0 Å². The number of nitrogens with zero attached hydrogens (tertiary/aromatic N) is 3. The molecule has 3 rings (SSSR count). The van der Waals surface area contributed by atoms with Gasteiger partial charge in [-0.1, -0.05) is 12.1 Å². The quantitative estimate of drug-likeness (QED) is 0.766. The Hall–Kier alpha value is -3.29. The van der Waals surface area contributed by atoms with Crippen LogP contribution < -0.4 is 16.6 Å². The van der Waals surface area contributed by atoms with E-state index in [0.717, 1.165) is 4.57 Å². The highest BCUT2D eigenvalue weighted by Crippen LogP contribution is 2.22. The first kappa shape index (κ1) is 17.5. The van der Waals surface area contributed by atoms with Crippen LogP contribution in [0.2, 0.25) is 0 Å². The molecule has 2 heterocycles. The maximum absolute atomic E-state index is 13.0. The van der Waals surface area contributed by atoms with Crippen molar-refractivity contribution < 1.29 is 9.18 Å². The number of hydrogen-bond donors (Lipinski definition) is 1. The summed E-state index contributed by atoms with van der Waals surface area (Å²) in [6, 6.07) is 5.60. The van der Waals surface area contributed by atoms with Gasteiger partial charge in [0.05, 0.1) is 12.1 Å². The highest BCUT2D eigenvalue weighted by molar-refractivity contribution is 6.01. The van der Waals surface area contributed by atoms with E-state index in [1.807, 2.05) is 0 Å². The van der Waals surface area contributed by atoms with Crippen molar-refractivity contribution in [3.05, 3.63) is 68.2 Å². The van der Waals surface area contributed by atoms with Gasteiger partial charge in [0.15, 0.2) is 5.65 Å². The van der Waals surface area contributed by atoms with Gasteiger partial charge in [-0.25, -0.2) is 14.2 Å². The average Bonchev–Trinajstić information content (AvgIpc) is 2.61. The third kappa shape index (κ3) is 3.01. The molecule has 8 heteroatoms. The minimum atomic E-state index is -0.531. The van der Waals surface area contributed by atoms with Crippen LogP contribution in [0.25, 0.3) is 11.0 Å². The Bertz CT molecular complexity index is 1130. The summed E-state index contributed by atoms with van der Waals surface area (Å²) in [6.07, 6.45) is 1.52. The molecule has 0 bridgehead atoms. The fourth-order valence-corrected chi connectivity index (χ4v) is 2.76. The van der Waals surface area contributed by atoms with Crippen molar-refractivity contribution in [2.75, 3.05) is 5.32 Å². The van der Waals surface area contributed by atoms with Gasteiger partial charge in [0, 0.05) is 20.3 Å². The lowest BCUT2D eigenvalue weighted by atomic mass is 10.1. The van der Waals surface area contributed by atoms with Crippen molar-refractivity contribution in [1.82, 2.24) is 14.1 Å². The van der Waals surface area contributed by atoms with Crippen LogP contribution in [0.4, 0.5) is 10.1 Å². The van der Waals surface area contributed by atoms with Crippen molar-refractivity contribution in [3.63, 3.8) is 0 Å². The van der Waals surface area contributed by atoms with Crippen LogP contribution in [-0.4, -0.2) is 20.0 Å². The number of carbonyl (C=O) groups is 1. The van der Waals surface area contributed by atoms with E-state index < -0.39 is 11.2 Å². The molecule has 7 nitrogen and oxygen atoms in total. The molecular weight excluding hydrogens is 339 g/mol. The largest absolute Gasteiger partial charge is 0.332 e. The van der Waals surface area contributed by atoms with Gasteiger partial charge in [0.25, 0.3) is 5.56 Å². The summed E-state index contributed by atoms with van der Waals surface area (Å²) in [7, 11) is 2.88. The minimum absolute atomic E-state index is 0.0234. The van der Waals surface area contributed by atoms with Gasteiger partial charge in [-0.2, -0.15) is 0 Å². The van der Waals surface area contributed by atoms with Gasteiger partial charge in [-0.15, -0.1) is 0 Å². The van der Waals surface area contributed by atoms with Crippen molar-refractivity contribution in [2.24, 2.45) is 14.1 Å². The Labute approximate surface area is 147 Å². The lowest BCUT2D eigenvalue weighted by Crippen LogP contribution is -2.38. The molecule has 26 heavy (non-hydrogen) atoms. The van der Waals surface area contributed by atoms with Gasteiger partial charge < -0.3 is 5.32 Å². The molecule has 1 amide bonds. The van der Waals surface area contributed by atoms with Gasteiger partial charge in [0.2, 0.25) is 5.91 Å². The predicted molar refractivity (Wildman–Crippen MR) is 95.7 cm³/mol. The lowest BCUT2D eigenvalue weighted by molar-refractivity contribution is -0.115. The van der Waals surface area contributed by atoms with Crippen molar-refractivity contribution >= 4 is 22.6 Å². The van der Waals surface area contributed by atoms with E-state index in [1.165, 1.54) is 49.1 Å². The van der Waals surface area contributed by atoms with Crippen LogP contribution >= 0.6 is 0 Å². The predicted octanol–water partition coefficient (Wildman–Crippen LogP) is 1.26. The zero-order chi connectivity index (χ0) is 19.0. The third-order valence-corrected chi connectivity index (χ3v) is 4.20. The van der Waals surface area contributed by atoms with Gasteiger partial charge in [-0.05, 0) is 30.2 Å². The number of amides is 1. The fraction of sp³-hybridized carbons (Fsp3) is 0.222.